The van der Waals surface area contributed by atoms with E-state index in [1.165, 1.54) is 19.3 Å². The molecule has 1 rings (SSSR count). The second-order valence-corrected chi connectivity index (χ2v) is 4.34. The van der Waals surface area contributed by atoms with Gasteiger partial charge in [0.15, 0.2) is 0 Å². The van der Waals surface area contributed by atoms with E-state index in [9.17, 15) is 5.11 Å². The second kappa shape index (κ2) is 7.24. The van der Waals surface area contributed by atoms with Crippen LogP contribution >= 0.6 is 0 Å². The van der Waals surface area contributed by atoms with Gasteiger partial charge in [0.1, 0.15) is 0 Å². The van der Waals surface area contributed by atoms with Crippen LogP contribution in [0.5, 0.6) is 0 Å². The summed E-state index contributed by atoms with van der Waals surface area (Å²) in [6.45, 7) is 6.23. The van der Waals surface area contributed by atoms with E-state index in [2.05, 4.69) is 13.5 Å². The molecule has 16 heavy (non-hydrogen) atoms. The summed E-state index contributed by atoms with van der Waals surface area (Å²) in [5.41, 5.74) is 2.14. The Morgan fingerprint density at radius 1 is 1.25 bits per heavy atom. The van der Waals surface area contributed by atoms with Crippen LogP contribution in [0.4, 0.5) is 0 Å². The zero-order chi connectivity index (χ0) is 11.8. The summed E-state index contributed by atoms with van der Waals surface area (Å²) in [7, 11) is 0. The lowest BCUT2D eigenvalue weighted by atomic mass is 9.99. The van der Waals surface area contributed by atoms with E-state index in [4.69, 9.17) is 0 Å². The van der Waals surface area contributed by atoms with Gasteiger partial charge in [0.25, 0.3) is 0 Å². The zero-order valence-corrected chi connectivity index (χ0v) is 10.2. The fourth-order valence-corrected chi connectivity index (χ4v) is 1.79. The minimum atomic E-state index is -0.393. The summed E-state index contributed by atoms with van der Waals surface area (Å²) in [6, 6.07) is 9.80. The van der Waals surface area contributed by atoms with E-state index in [0.717, 1.165) is 17.6 Å². The van der Waals surface area contributed by atoms with Gasteiger partial charge in [0.2, 0.25) is 0 Å². The molecule has 0 unspecified atom stereocenters. The van der Waals surface area contributed by atoms with Crippen LogP contribution in [0.3, 0.4) is 0 Å². The fourth-order valence-electron chi connectivity index (χ4n) is 1.79. The Balaban J connectivity index is 2.34. The predicted octanol–water partition coefficient (Wildman–Crippen LogP) is 4.25. The summed E-state index contributed by atoms with van der Waals surface area (Å²) in [6.07, 6.45) is 5.01. The van der Waals surface area contributed by atoms with Crippen LogP contribution in [0, 0.1) is 0 Å². The first kappa shape index (κ1) is 13.0. The second-order valence-electron chi connectivity index (χ2n) is 4.34. The highest BCUT2D eigenvalue weighted by atomic mass is 16.3. The molecule has 1 N–H and O–H groups in total. The first-order valence-corrected chi connectivity index (χ1v) is 6.13. The Hall–Kier alpha value is -1.08. The molecule has 0 amide bonds. The minimum Gasteiger partial charge on any atom is -0.388 e. The van der Waals surface area contributed by atoms with Gasteiger partial charge in [-0.15, -0.1) is 0 Å². The maximum absolute atomic E-state index is 9.99. The Morgan fingerprint density at radius 2 is 1.94 bits per heavy atom. The SMILES string of the molecule is C=C(CCCCC)C[C@@H](O)c1ccccc1. The van der Waals surface area contributed by atoms with E-state index in [1.807, 2.05) is 30.3 Å². The number of aliphatic hydroxyl groups excluding tert-OH is 1. The zero-order valence-electron chi connectivity index (χ0n) is 10.2. The normalized spacial score (nSPS) is 12.4. The van der Waals surface area contributed by atoms with E-state index in [-0.39, 0.29) is 0 Å². The van der Waals surface area contributed by atoms with Crippen molar-refractivity contribution in [1.82, 2.24) is 0 Å². The summed E-state index contributed by atoms with van der Waals surface area (Å²) in [5, 5.41) is 9.99. The van der Waals surface area contributed by atoms with Crippen LogP contribution in [0.2, 0.25) is 0 Å². The standard InChI is InChI=1S/C15H22O/c1-3-4-6-9-13(2)12-15(16)14-10-7-5-8-11-14/h5,7-8,10-11,15-16H,2-4,6,9,12H2,1H3/t15-/m1/s1. The molecule has 1 aromatic rings. The minimum absolute atomic E-state index is 0.393. The quantitative estimate of drug-likeness (QED) is 0.536. The van der Waals surface area contributed by atoms with E-state index in [1.54, 1.807) is 0 Å². The fraction of sp³-hybridized carbons (Fsp3) is 0.467. The van der Waals surface area contributed by atoms with Gasteiger partial charge in [0, 0.05) is 0 Å². The summed E-state index contributed by atoms with van der Waals surface area (Å²) >= 11 is 0. The first-order chi connectivity index (χ1) is 7.74. The van der Waals surface area contributed by atoms with Crippen molar-refractivity contribution in [3.05, 3.63) is 48.0 Å². The first-order valence-electron chi connectivity index (χ1n) is 6.13. The average Bonchev–Trinajstić information content (AvgIpc) is 2.30. The van der Waals surface area contributed by atoms with Gasteiger partial charge in [-0.3, -0.25) is 0 Å². The largest absolute Gasteiger partial charge is 0.388 e. The highest BCUT2D eigenvalue weighted by Crippen LogP contribution is 2.22. The van der Waals surface area contributed by atoms with Crippen LogP contribution < -0.4 is 0 Å². The van der Waals surface area contributed by atoms with Gasteiger partial charge in [-0.1, -0.05) is 62.2 Å². The van der Waals surface area contributed by atoms with Crippen LogP contribution in [-0.4, -0.2) is 5.11 Å². The Kier molecular flexibility index (Phi) is 5.87. The lowest BCUT2D eigenvalue weighted by Crippen LogP contribution is -1.98. The molecule has 0 aliphatic rings. The molecule has 0 fully saturated rings. The molecule has 1 nitrogen and oxygen atoms in total. The van der Waals surface area contributed by atoms with Gasteiger partial charge >= 0.3 is 0 Å². The van der Waals surface area contributed by atoms with Crippen molar-refractivity contribution in [2.45, 2.75) is 45.1 Å². The van der Waals surface area contributed by atoms with E-state index in [0.29, 0.717) is 6.42 Å². The van der Waals surface area contributed by atoms with Crippen molar-refractivity contribution in [2.75, 3.05) is 0 Å². The van der Waals surface area contributed by atoms with E-state index >= 15 is 0 Å². The van der Waals surface area contributed by atoms with Crippen molar-refractivity contribution >= 4 is 0 Å². The van der Waals surface area contributed by atoms with Crippen molar-refractivity contribution in [3.63, 3.8) is 0 Å². The number of hydrogen-bond donors (Lipinski definition) is 1. The molecule has 0 aromatic heterocycles. The summed E-state index contributed by atoms with van der Waals surface area (Å²) < 4.78 is 0. The molecule has 1 heteroatoms. The summed E-state index contributed by atoms with van der Waals surface area (Å²) in [5.74, 6) is 0. The van der Waals surface area contributed by atoms with Crippen LogP contribution in [0.1, 0.15) is 50.7 Å². The molecule has 0 heterocycles. The molecule has 88 valence electrons. The lowest BCUT2D eigenvalue weighted by molar-refractivity contribution is 0.177. The summed E-state index contributed by atoms with van der Waals surface area (Å²) in [4.78, 5) is 0. The van der Waals surface area contributed by atoms with E-state index < -0.39 is 6.10 Å². The maximum atomic E-state index is 9.99. The lowest BCUT2D eigenvalue weighted by Gasteiger charge is -2.12. The molecule has 0 bridgehead atoms. The van der Waals surface area contributed by atoms with Crippen molar-refractivity contribution in [3.8, 4) is 0 Å². The predicted molar refractivity (Wildman–Crippen MR) is 69.3 cm³/mol. The smallest absolute Gasteiger partial charge is 0.0827 e. The number of benzene rings is 1. The van der Waals surface area contributed by atoms with Crippen LogP contribution in [0.25, 0.3) is 0 Å². The highest BCUT2D eigenvalue weighted by molar-refractivity contribution is 5.18. The highest BCUT2D eigenvalue weighted by Gasteiger charge is 2.08. The van der Waals surface area contributed by atoms with Crippen LogP contribution in [0.15, 0.2) is 42.5 Å². The molecule has 0 saturated carbocycles. The van der Waals surface area contributed by atoms with Crippen LogP contribution in [-0.2, 0) is 0 Å². The number of hydrogen-bond acceptors (Lipinski definition) is 1. The van der Waals surface area contributed by atoms with Crippen molar-refractivity contribution < 1.29 is 5.11 Å². The van der Waals surface area contributed by atoms with Crippen molar-refractivity contribution in [1.29, 1.82) is 0 Å². The third kappa shape index (κ3) is 4.63. The molecule has 0 saturated heterocycles. The monoisotopic (exact) mass is 218 g/mol. The Morgan fingerprint density at radius 3 is 2.56 bits per heavy atom. The molecule has 0 spiro atoms. The Bertz CT molecular complexity index is 302. The number of unbranched alkanes of at least 4 members (excludes halogenated alkanes) is 2. The molecule has 0 aliphatic heterocycles. The third-order valence-corrected chi connectivity index (χ3v) is 2.80. The topological polar surface area (TPSA) is 20.2 Å². The van der Waals surface area contributed by atoms with Gasteiger partial charge in [-0.2, -0.15) is 0 Å². The Labute approximate surface area is 98.8 Å². The molecule has 1 aromatic carbocycles. The average molecular weight is 218 g/mol. The van der Waals surface area contributed by atoms with Gasteiger partial charge < -0.3 is 5.11 Å². The molecular weight excluding hydrogens is 196 g/mol. The molecule has 1 atom stereocenters. The molecule has 0 radical (unpaired) electrons. The van der Waals surface area contributed by atoms with Gasteiger partial charge in [-0.05, 0) is 24.8 Å². The number of aliphatic hydroxyl groups is 1. The molecule has 0 aliphatic carbocycles. The van der Waals surface area contributed by atoms with Gasteiger partial charge in [-0.25, -0.2) is 0 Å². The molecular formula is C15H22O. The van der Waals surface area contributed by atoms with Gasteiger partial charge in [0.05, 0.1) is 6.10 Å². The van der Waals surface area contributed by atoms with Crippen molar-refractivity contribution in [2.24, 2.45) is 0 Å². The maximum Gasteiger partial charge on any atom is 0.0827 e. The third-order valence-electron chi connectivity index (χ3n) is 2.80. The number of rotatable bonds is 7.